The van der Waals surface area contributed by atoms with Crippen LogP contribution in [-0.4, -0.2) is 33.8 Å². The summed E-state index contributed by atoms with van der Waals surface area (Å²) in [7, 11) is 4.50. The Balaban J connectivity index is 2.17. The summed E-state index contributed by atoms with van der Waals surface area (Å²) in [6.07, 6.45) is 2.16. The van der Waals surface area contributed by atoms with E-state index in [9.17, 15) is 10.1 Å². The molecule has 1 amide bonds. The van der Waals surface area contributed by atoms with Crippen LogP contribution in [-0.2, 0) is 11.2 Å². The lowest BCUT2D eigenvalue weighted by atomic mass is 10.1. The van der Waals surface area contributed by atoms with Crippen molar-refractivity contribution < 1.29 is 19.0 Å². The number of carbonyl (C=O) groups is 1. The van der Waals surface area contributed by atoms with Crippen molar-refractivity contribution in [2.45, 2.75) is 6.42 Å². The second-order valence-electron chi connectivity index (χ2n) is 5.58. The highest BCUT2D eigenvalue weighted by atomic mass is 16.5. The van der Waals surface area contributed by atoms with Crippen molar-refractivity contribution >= 4 is 12.0 Å². The quantitative estimate of drug-likeness (QED) is 0.574. The molecule has 2 rings (SSSR count). The van der Waals surface area contributed by atoms with E-state index in [1.807, 2.05) is 36.4 Å². The molecular formula is C21H22N2O4. The molecular weight excluding hydrogens is 344 g/mol. The monoisotopic (exact) mass is 366 g/mol. The maximum atomic E-state index is 12.3. The smallest absolute Gasteiger partial charge is 0.261 e. The Hall–Kier alpha value is -3.46. The first-order chi connectivity index (χ1) is 13.1. The molecule has 6 nitrogen and oxygen atoms in total. The zero-order valence-electron chi connectivity index (χ0n) is 15.6. The summed E-state index contributed by atoms with van der Waals surface area (Å²) in [5.41, 5.74) is 1.64. The van der Waals surface area contributed by atoms with Crippen LogP contribution in [0.2, 0.25) is 0 Å². The normalized spacial score (nSPS) is 10.7. The number of amides is 1. The van der Waals surface area contributed by atoms with Crippen LogP contribution in [0.15, 0.2) is 48.0 Å². The standard InChI is InChI=1S/C21H22N2O4/c1-25-18-10-9-16(19(26-2)20(18)27-3)13-17(14-22)21(24)23-12-11-15-7-5-4-6-8-15/h4-10,13H,11-12H2,1-3H3,(H,23,24)/b17-13-. The summed E-state index contributed by atoms with van der Waals surface area (Å²) in [5.74, 6) is 0.847. The zero-order valence-corrected chi connectivity index (χ0v) is 15.6. The third-order valence-electron chi connectivity index (χ3n) is 3.94. The maximum Gasteiger partial charge on any atom is 0.261 e. The molecule has 0 aromatic heterocycles. The minimum absolute atomic E-state index is 0.0198. The van der Waals surface area contributed by atoms with E-state index >= 15 is 0 Å². The van der Waals surface area contributed by atoms with Crippen LogP contribution in [0.3, 0.4) is 0 Å². The van der Waals surface area contributed by atoms with Crippen LogP contribution in [0.4, 0.5) is 0 Å². The van der Waals surface area contributed by atoms with Gasteiger partial charge in [-0.15, -0.1) is 0 Å². The lowest BCUT2D eigenvalue weighted by Crippen LogP contribution is -2.26. The Bertz CT molecular complexity index is 854. The van der Waals surface area contributed by atoms with Crippen molar-refractivity contribution in [2.75, 3.05) is 27.9 Å². The van der Waals surface area contributed by atoms with Crippen LogP contribution in [0.25, 0.3) is 6.08 Å². The molecule has 0 aliphatic rings. The molecule has 0 aliphatic heterocycles. The fourth-order valence-electron chi connectivity index (χ4n) is 2.60. The van der Waals surface area contributed by atoms with Gasteiger partial charge in [-0.25, -0.2) is 0 Å². The van der Waals surface area contributed by atoms with E-state index in [-0.39, 0.29) is 5.57 Å². The van der Waals surface area contributed by atoms with Gasteiger partial charge >= 0.3 is 0 Å². The number of hydrogen-bond acceptors (Lipinski definition) is 5. The molecule has 140 valence electrons. The molecule has 0 fully saturated rings. The summed E-state index contributed by atoms with van der Waals surface area (Å²) < 4.78 is 15.9. The highest BCUT2D eigenvalue weighted by Crippen LogP contribution is 2.40. The van der Waals surface area contributed by atoms with E-state index in [1.165, 1.54) is 27.4 Å². The number of nitrogens with one attached hydrogen (secondary N) is 1. The molecule has 0 atom stereocenters. The zero-order chi connectivity index (χ0) is 19.6. The van der Waals surface area contributed by atoms with E-state index in [2.05, 4.69) is 5.32 Å². The predicted octanol–water partition coefficient (Wildman–Crippen LogP) is 2.98. The fourth-order valence-corrected chi connectivity index (χ4v) is 2.60. The maximum absolute atomic E-state index is 12.3. The molecule has 0 spiro atoms. The summed E-state index contributed by atoms with van der Waals surface area (Å²) in [5, 5.41) is 12.2. The molecule has 0 unspecified atom stereocenters. The SMILES string of the molecule is COc1ccc(/C=C(/C#N)C(=O)NCCc2ccccc2)c(OC)c1OC. The lowest BCUT2D eigenvalue weighted by Gasteiger charge is -2.14. The van der Waals surface area contributed by atoms with Gasteiger partial charge < -0.3 is 19.5 Å². The molecule has 1 N–H and O–H groups in total. The van der Waals surface area contributed by atoms with E-state index in [0.717, 1.165) is 5.56 Å². The molecule has 0 heterocycles. The van der Waals surface area contributed by atoms with Crippen LogP contribution in [0.1, 0.15) is 11.1 Å². The van der Waals surface area contributed by atoms with Crippen LogP contribution in [0.5, 0.6) is 17.2 Å². The fraction of sp³-hybridized carbons (Fsp3) is 0.238. The molecule has 0 bridgehead atoms. The van der Waals surface area contributed by atoms with Gasteiger partial charge in [0.2, 0.25) is 5.75 Å². The van der Waals surface area contributed by atoms with Crippen molar-refractivity contribution in [1.29, 1.82) is 5.26 Å². The lowest BCUT2D eigenvalue weighted by molar-refractivity contribution is -0.117. The van der Waals surface area contributed by atoms with Crippen molar-refractivity contribution in [3.05, 3.63) is 59.2 Å². The largest absolute Gasteiger partial charge is 0.493 e. The Morgan fingerprint density at radius 1 is 1.04 bits per heavy atom. The van der Waals surface area contributed by atoms with E-state index in [4.69, 9.17) is 14.2 Å². The number of nitrogens with zero attached hydrogens (tertiary/aromatic N) is 1. The third-order valence-corrected chi connectivity index (χ3v) is 3.94. The van der Waals surface area contributed by atoms with Crippen molar-refractivity contribution in [2.24, 2.45) is 0 Å². The highest BCUT2D eigenvalue weighted by molar-refractivity contribution is 6.02. The van der Waals surface area contributed by atoms with Gasteiger partial charge in [-0.2, -0.15) is 5.26 Å². The van der Waals surface area contributed by atoms with E-state index in [1.54, 1.807) is 12.1 Å². The molecule has 2 aromatic carbocycles. The summed E-state index contributed by atoms with van der Waals surface area (Å²) in [6.45, 7) is 0.435. The first-order valence-corrected chi connectivity index (χ1v) is 8.37. The Labute approximate surface area is 159 Å². The van der Waals surface area contributed by atoms with Gasteiger partial charge in [0.05, 0.1) is 21.3 Å². The second kappa shape index (κ2) is 9.88. The van der Waals surface area contributed by atoms with E-state index in [0.29, 0.717) is 35.8 Å². The first kappa shape index (κ1) is 19.9. The van der Waals surface area contributed by atoms with Crippen molar-refractivity contribution in [3.8, 4) is 23.3 Å². The highest BCUT2D eigenvalue weighted by Gasteiger charge is 2.17. The van der Waals surface area contributed by atoms with Gasteiger partial charge in [0.25, 0.3) is 5.91 Å². The van der Waals surface area contributed by atoms with Crippen LogP contribution in [0, 0.1) is 11.3 Å². The minimum atomic E-state index is -0.440. The van der Waals surface area contributed by atoms with Gasteiger partial charge in [0.15, 0.2) is 11.5 Å². The summed E-state index contributed by atoms with van der Waals surface area (Å²) in [4.78, 5) is 12.3. The molecule has 27 heavy (non-hydrogen) atoms. The number of nitriles is 1. The number of hydrogen-bond donors (Lipinski definition) is 1. The number of carbonyl (C=O) groups excluding carboxylic acids is 1. The number of rotatable bonds is 8. The summed E-state index contributed by atoms with van der Waals surface area (Å²) >= 11 is 0. The van der Waals surface area contributed by atoms with Gasteiger partial charge in [0, 0.05) is 12.1 Å². The van der Waals surface area contributed by atoms with Crippen LogP contribution >= 0.6 is 0 Å². The third kappa shape index (κ3) is 5.02. The topological polar surface area (TPSA) is 80.6 Å². The van der Waals surface area contributed by atoms with Gasteiger partial charge in [-0.3, -0.25) is 4.79 Å². The van der Waals surface area contributed by atoms with Crippen LogP contribution < -0.4 is 19.5 Å². The molecule has 2 aromatic rings. The predicted molar refractivity (Wildman–Crippen MR) is 103 cm³/mol. The molecule has 0 radical (unpaired) electrons. The number of methoxy groups -OCH3 is 3. The second-order valence-corrected chi connectivity index (χ2v) is 5.58. The average molecular weight is 366 g/mol. The van der Waals surface area contributed by atoms with Crippen molar-refractivity contribution in [3.63, 3.8) is 0 Å². The first-order valence-electron chi connectivity index (χ1n) is 8.37. The Kier molecular flexibility index (Phi) is 7.26. The summed E-state index contributed by atoms with van der Waals surface area (Å²) in [6, 6.07) is 15.1. The van der Waals surface area contributed by atoms with E-state index < -0.39 is 5.91 Å². The van der Waals surface area contributed by atoms with Gasteiger partial charge in [-0.05, 0) is 30.2 Å². The van der Waals surface area contributed by atoms with Gasteiger partial charge in [0.1, 0.15) is 11.6 Å². The molecule has 6 heteroatoms. The number of ether oxygens (including phenoxy) is 3. The number of benzene rings is 2. The minimum Gasteiger partial charge on any atom is -0.493 e. The molecule has 0 saturated carbocycles. The Morgan fingerprint density at radius 3 is 2.33 bits per heavy atom. The average Bonchev–Trinajstić information content (AvgIpc) is 2.71. The van der Waals surface area contributed by atoms with Crippen molar-refractivity contribution in [1.82, 2.24) is 5.32 Å². The van der Waals surface area contributed by atoms with Gasteiger partial charge in [-0.1, -0.05) is 30.3 Å². The molecule has 0 saturated heterocycles. The molecule has 0 aliphatic carbocycles. The Morgan fingerprint density at radius 2 is 1.74 bits per heavy atom.